The van der Waals surface area contributed by atoms with Gasteiger partial charge < -0.3 is 9.84 Å². The second-order valence-corrected chi connectivity index (χ2v) is 4.56. The molecular formula is C11H11NO5P+. The van der Waals surface area contributed by atoms with E-state index in [-0.39, 0.29) is 0 Å². The van der Waals surface area contributed by atoms with E-state index in [1.165, 1.54) is 18.5 Å². The normalized spacial score (nSPS) is 14.2. The zero-order chi connectivity index (χ0) is 13.5. The van der Waals surface area contributed by atoms with E-state index in [1.54, 1.807) is 12.2 Å². The molecule has 18 heavy (non-hydrogen) atoms. The van der Waals surface area contributed by atoms with Crippen molar-refractivity contribution in [2.24, 2.45) is 0 Å². The Morgan fingerprint density at radius 2 is 2.39 bits per heavy atom. The van der Waals surface area contributed by atoms with Crippen molar-refractivity contribution in [1.82, 2.24) is 4.98 Å². The van der Waals surface area contributed by atoms with Gasteiger partial charge in [-0.05, 0) is 10.6 Å². The molecule has 0 aliphatic carbocycles. The maximum atomic E-state index is 11.2. The number of ether oxygens (including phenoxy) is 1. The molecule has 1 aromatic rings. The van der Waals surface area contributed by atoms with Crippen molar-refractivity contribution in [3.8, 4) is 12.5 Å². The lowest BCUT2D eigenvalue weighted by Crippen LogP contribution is -2.21. The van der Waals surface area contributed by atoms with Gasteiger partial charge in [-0.3, -0.25) is 9.78 Å². The number of esters is 1. The molecule has 0 amide bonds. The third-order valence-electron chi connectivity index (χ3n) is 2.18. The second kappa shape index (κ2) is 6.82. The molecule has 3 atom stereocenters. The van der Waals surface area contributed by atoms with Crippen LogP contribution in [0.3, 0.4) is 0 Å². The van der Waals surface area contributed by atoms with Crippen molar-refractivity contribution < 1.29 is 24.1 Å². The van der Waals surface area contributed by atoms with Gasteiger partial charge in [0.15, 0.2) is 0 Å². The molecule has 6 nitrogen and oxygen atoms in total. The van der Waals surface area contributed by atoms with Gasteiger partial charge in [0.2, 0.25) is 5.66 Å². The lowest BCUT2D eigenvalue weighted by Gasteiger charge is -2.11. The summed E-state index contributed by atoms with van der Waals surface area (Å²) in [5, 5.41) is 9.79. The largest absolute Gasteiger partial charge is 0.516 e. The Bertz CT molecular complexity index is 470. The van der Waals surface area contributed by atoms with Crippen LogP contribution >= 0.6 is 8.03 Å². The second-order valence-electron chi connectivity index (χ2n) is 3.40. The van der Waals surface area contributed by atoms with Gasteiger partial charge in [0.25, 0.3) is 0 Å². The maximum Gasteiger partial charge on any atom is 0.516 e. The van der Waals surface area contributed by atoms with Gasteiger partial charge in [-0.1, -0.05) is 12.5 Å². The molecule has 0 aliphatic heterocycles. The first-order valence-corrected chi connectivity index (χ1v) is 6.23. The van der Waals surface area contributed by atoms with E-state index < -0.39 is 32.2 Å². The van der Waals surface area contributed by atoms with E-state index in [1.807, 2.05) is 0 Å². The van der Waals surface area contributed by atoms with Gasteiger partial charge in [0.1, 0.15) is 12.2 Å². The highest BCUT2D eigenvalue weighted by Crippen LogP contribution is 2.41. The Kier molecular flexibility index (Phi) is 5.40. The summed E-state index contributed by atoms with van der Waals surface area (Å²) in [6, 6.07) is 3.10. The van der Waals surface area contributed by atoms with Crippen LogP contribution in [0.25, 0.3) is 0 Å². The molecular weight excluding hydrogens is 257 g/mol. The summed E-state index contributed by atoms with van der Waals surface area (Å²) in [4.78, 5) is 24.1. The predicted molar refractivity (Wildman–Crippen MR) is 62.4 cm³/mol. The summed E-state index contributed by atoms with van der Waals surface area (Å²) >= 11 is 0. The molecule has 0 saturated heterocycles. The Morgan fingerprint density at radius 1 is 1.67 bits per heavy atom. The highest BCUT2D eigenvalue weighted by atomic mass is 31.1. The SMILES string of the molecule is C#COC(=O)CC(O)C(c1cccnc1)[P+](=O)O. The molecule has 94 valence electrons. The minimum Gasteiger partial charge on any atom is -0.387 e. The van der Waals surface area contributed by atoms with Crippen LogP contribution in [-0.4, -0.2) is 27.1 Å². The molecule has 2 N–H and O–H groups in total. The van der Waals surface area contributed by atoms with Gasteiger partial charge in [-0.15, -0.1) is 0 Å². The first-order chi connectivity index (χ1) is 8.56. The lowest BCUT2D eigenvalue weighted by molar-refractivity contribution is -0.138. The molecule has 1 aromatic heterocycles. The Hall–Kier alpha value is -1.80. The maximum absolute atomic E-state index is 11.2. The molecule has 0 fully saturated rings. The Balaban J connectivity index is 2.84. The fourth-order valence-corrected chi connectivity index (χ4v) is 2.25. The summed E-state index contributed by atoms with van der Waals surface area (Å²) in [5.74, 6) is -0.837. The summed E-state index contributed by atoms with van der Waals surface area (Å²) in [7, 11) is -2.72. The molecule has 0 bridgehead atoms. The van der Waals surface area contributed by atoms with E-state index in [2.05, 4.69) is 9.72 Å². The van der Waals surface area contributed by atoms with Crippen LogP contribution in [0.15, 0.2) is 24.5 Å². The van der Waals surface area contributed by atoms with E-state index in [4.69, 9.17) is 6.42 Å². The van der Waals surface area contributed by atoms with Crippen molar-refractivity contribution in [3.63, 3.8) is 0 Å². The van der Waals surface area contributed by atoms with Crippen molar-refractivity contribution in [2.45, 2.75) is 18.2 Å². The zero-order valence-electron chi connectivity index (χ0n) is 9.26. The number of terminal acetylenes is 1. The average Bonchev–Trinajstić information content (AvgIpc) is 2.30. The summed E-state index contributed by atoms with van der Waals surface area (Å²) < 4.78 is 15.5. The fourth-order valence-electron chi connectivity index (χ4n) is 1.44. The van der Waals surface area contributed by atoms with Crippen LogP contribution in [0.1, 0.15) is 17.6 Å². The van der Waals surface area contributed by atoms with Gasteiger partial charge in [-0.25, -0.2) is 0 Å². The van der Waals surface area contributed by atoms with Gasteiger partial charge >= 0.3 is 14.0 Å². The molecule has 0 aromatic carbocycles. The van der Waals surface area contributed by atoms with E-state index in [0.29, 0.717) is 5.56 Å². The molecule has 1 rings (SSSR count). The number of hydrogen-bond acceptors (Lipinski definition) is 5. The summed E-state index contributed by atoms with van der Waals surface area (Å²) in [6.07, 6.45) is 7.44. The quantitative estimate of drug-likeness (QED) is 0.464. The molecule has 3 unspecified atom stereocenters. The number of carbonyl (C=O) groups is 1. The first kappa shape index (κ1) is 14.3. The molecule has 0 radical (unpaired) electrons. The number of hydrogen-bond donors (Lipinski definition) is 2. The van der Waals surface area contributed by atoms with Crippen LogP contribution in [0.4, 0.5) is 0 Å². The number of nitrogens with zero attached hydrogens (tertiary/aromatic N) is 1. The molecule has 1 heterocycles. The standard InChI is InChI=1S/C11H10NO5P/c1-2-17-10(14)6-9(13)11(18(15)16)8-4-3-5-12-7-8/h1,3-5,7,9,11,13H,6H2/p+1. The number of aliphatic hydroxyl groups excluding tert-OH is 1. The minimum atomic E-state index is -2.72. The highest BCUT2D eigenvalue weighted by molar-refractivity contribution is 7.38. The third kappa shape index (κ3) is 3.90. The molecule has 0 spiro atoms. The first-order valence-electron chi connectivity index (χ1n) is 4.94. The van der Waals surface area contributed by atoms with Crippen LogP contribution in [-0.2, 0) is 14.1 Å². The fraction of sp³-hybridized carbons (Fsp3) is 0.273. The number of aliphatic hydroxyl groups is 1. The van der Waals surface area contributed by atoms with Gasteiger partial charge in [0.05, 0.1) is 6.42 Å². The Labute approximate surface area is 104 Å². The topological polar surface area (TPSA) is 96.7 Å². The zero-order valence-corrected chi connectivity index (χ0v) is 10.2. The number of rotatable bonds is 5. The smallest absolute Gasteiger partial charge is 0.387 e. The third-order valence-corrected chi connectivity index (χ3v) is 3.30. The number of pyridine rings is 1. The number of aromatic nitrogens is 1. The average molecular weight is 268 g/mol. The predicted octanol–water partition coefficient (Wildman–Crippen LogP) is 0.742. The minimum absolute atomic E-state index is 0.363. The van der Waals surface area contributed by atoms with Crippen molar-refractivity contribution in [1.29, 1.82) is 0 Å². The van der Waals surface area contributed by atoms with E-state index in [9.17, 15) is 19.4 Å². The van der Waals surface area contributed by atoms with Crippen LogP contribution in [0.5, 0.6) is 0 Å². The molecule has 7 heteroatoms. The van der Waals surface area contributed by atoms with E-state index >= 15 is 0 Å². The van der Waals surface area contributed by atoms with Crippen molar-refractivity contribution in [2.75, 3.05) is 0 Å². The molecule has 0 saturated carbocycles. The van der Waals surface area contributed by atoms with Crippen LogP contribution in [0, 0.1) is 12.5 Å². The van der Waals surface area contributed by atoms with Gasteiger partial charge in [-0.2, -0.15) is 4.89 Å². The lowest BCUT2D eigenvalue weighted by atomic mass is 10.1. The Morgan fingerprint density at radius 3 is 2.89 bits per heavy atom. The van der Waals surface area contributed by atoms with Crippen LogP contribution in [0.2, 0.25) is 0 Å². The van der Waals surface area contributed by atoms with Crippen molar-refractivity contribution >= 4 is 14.0 Å². The van der Waals surface area contributed by atoms with E-state index in [0.717, 1.165) is 0 Å². The van der Waals surface area contributed by atoms with Crippen molar-refractivity contribution in [3.05, 3.63) is 30.1 Å². The van der Waals surface area contributed by atoms with Gasteiger partial charge in [0, 0.05) is 18.0 Å². The summed E-state index contributed by atoms with van der Waals surface area (Å²) in [5.41, 5.74) is -0.749. The number of carbonyl (C=O) groups excluding carboxylic acids is 1. The van der Waals surface area contributed by atoms with Crippen LogP contribution < -0.4 is 0 Å². The monoisotopic (exact) mass is 268 g/mol. The summed E-state index contributed by atoms with van der Waals surface area (Å²) in [6.45, 7) is 0. The molecule has 0 aliphatic rings. The highest BCUT2D eigenvalue weighted by Gasteiger charge is 2.39.